The van der Waals surface area contributed by atoms with Gasteiger partial charge in [-0.15, -0.1) is 0 Å². The van der Waals surface area contributed by atoms with E-state index < -0.39 is 5.54 Å². The fourth-order valence-corrected chi connectivity index (χ4v) is 6.69. The molecule has 1 saturated heterocycles. The van der Waals surface area contributed by atoms with E-state index in [0.717, 1.165) is 68.7 Å². The summed E-state index contributed by atoms with van der Waals surface area (Å²) in [4.78, 5) is 20.2. The van der Waals surface area contributed by atoms with Crippen molar-refractivity contribution in [3.8, 4) is 5.75 Å². The number of hydrogen-bond acceptors (Lipinski definition) is 4. The summed E-state index contributed by atoms with van der Waals surface area (Å²) in [6, 6.07) is 13.2. The van der Waals surface area contributed by atoms with E-state index in [4.69, 9.17) is 4.74 Å². The lowest BCUT2D eigenvalue weighted by molar-refractivity contribution is -0.141. The molecule has 0 bridgehead atoms. The van der Waals surface area contributed by atoms with Gasteiger partial charge in [-0.1, -0.05) is 24.6 Å². The molecule has 35 heavy (non-hydrogen) atoms. The van der Waals surface area contributed by atoms with Gasteiger partial charge in [0.1, 0.15) is 17.1 Å². The summed E-state index contributed by atoms with van der Waals surface area (Å²) in [7, 11) is 1.68. The summed E-state index contributed by atoms with van der Waals surface area (Å²) in [5, 5.41) is 4.70. The molecule has 0 amide bonds. The number of carbonyl (C=O) groups is 1. The van der Waals surface area contributed by atoms with Crippen LogP contribution in [0.2, 0.25) is 0 Å². The third kappa shape index (κ3) is 3.45. The average Bonchev–Trinajstić information content (AvgIpc) is 3.23. The number of ketones is 1. The Labute approximate surface area is 206 Å². The first-order chi connectivity index (χ1) is 17.0. The van der Waals surface area contributed by atoms with Crippen LogP contribution in [0.4, 0.5) is 4.39 Å². The van der Waals surface area contributed by atoms with Crippen LogP contribution in [0.3, 0.4) is 0 Å². The Morgan fingerprint density at radius 2 is 1.94 bits per heavy atom. The third-order valence-corrected chi connectivity index (χ3v) is 8.98. The highest BCUT2D eigenvalue weighted by Gasteiger charge is 2.56. The first-order valence-electron chi connectivity index (χ1n) is 12.9. The highest BCUT2D eigenvalue weighted by molar-refractivity contribution is 5.96. The van der Waals surface area contributed by atoms with E-state index in [1.165, 1.54) is 17.0 Å². The smallest absolute Gasteiger partial charge is 0.161 e. The first kappa shape index (κ1) is 22.7. The van der Waals surface area contributed by atoms with Crippen LogP contribution in [0.5, 0.6) is 5.75 Å². The van der Waals surface area contributed by atoms with Crippen molar-refractivity contribution in [2.24, 2.45) is 5.92 Å². The topological polar surface area (TPSA) is 57.4 Å². The molecule has 1 saturated carbocycles. The van der Waals surface area contributed by atoms with Gasteiger partial charge in [-0.2, -0.15) is 0 Å². The number of nitrogens with one attached hydrogen (secondary N) is 2. The number of aromatic amines is 1. The Kier molecular flexibility index (Phi) is 5.49. The lowest BCUT2D eigenvalue weighted by Gasteiger charge is -2.54. The summed E-state index contributed by atoms with van der Waals surface area (Å²) in [5.74, 6) is 0.922. The predicted octanol–water partition coefficient (Wildman–Crippen LogP) is 5.04. The van der Waals surface area contributed by atoms with Gasteiger partial charge in [0.05, 0.1) is 7.11 Å². The van der Waals surface area contributed by atoms with Gasteiger partial charge in [0.25, 0.3) is 0 Å². The van der Waals surface area contributed by atoms with Gasteiger partial charge in [0.15, 0.2) is 5.78 Å². The lowest BCUT2D eigenvalue weighted by atomic mass is 9.63. The van der Waals surface area contributed by atoms with E-state index in [0.29, 0.717) is 12.1 Å². The van der Waals surface area contributed by atoms with Gasteiger partial charge in [0, 0.05) is 52.6 Å². The molecule has 1 aromatic heterocycles. The predicted molar refractivity (Wildman–Crippen MR) is 135 cm³/mol. The zero-order valence-corrected chi connectivity index (χ0v) is 20.6. The van der Waals surface area contributed by atoms with Crippen LogP contribution < -0.4 is 10.1 Å². The third-order valence-electron chi connectivity index (χ3n) is 8.98. The van der Waals surface area contributed by atoms with E-state index >= 15 is 0 Å². The van der Waals surface area contributed by atoms with Crippen LogP contribution in [-0.4, -0.2) is 42.4 Å². The van der Waals surface area contributed by atoms with Crippen LogP contribution in [0.25, 0.3) is 10.9 Å². The molecule has 1 aliphatic carbocycles. The standard InChI is InChI=1S/C29H34FN3O2/c1-28(27(34)19-7-5-8-19)26-25(22-11-10-21(35-2)16-24(22)32-26)29(12-14-31-15-13-29)18-33(28)17-20-6-3-4-9-23(20)30/h3-4,6,9-11,16,19,31-32H,5,7-8,12-15,17-18H2,1-2H3. The molecule has 1 unspecified atom stereocenters. The molecule has 5 nitrogen and oxygen atoms in total. The van der Waals surface area contributed by atoms with Crippen molar-refractivity contribution in [3.63, 3.8) is 0 Å². The monoisotopic (exact) mass is 475 g/mol. The Morgan fingerprint density at radius 3 is 2.63 bits per heavy atom. The summed E-state index contributed by atoms with van der Waals surface area (Å²) in [6.07, 6.45) is 4.97. The molecule has 2 aliphatic heterocycles. The van der Waals surface area contributed by atoms with Gasteiger partial charge < -0.3 is 15.0 Å². The SMILES string of the molecule is COc1ccc2c3c([nH]c2c1)C(C)(C(=O)C1CCC1)N(Cc1ccccc1F)CC31CCNCC1. The molecule has 184 valence electrons. The van der Waals surface area contributed by atoms with Crippen LogP contribution in [0.1, 0.15) is 55.8 Å². The Hall–Kier alpha value is -2.70. The maximum absolute atomic E-state index is 14.9. The number of fused-ring (bicyclic) bond motifs is 4. The molecule has 3 aromatic rings. The molecule has 3 heterocycles. The second-order valence-corrected chi connectivity index (χ2v) is 10.8. The summed E-state index contributed by atoms with van der Waals surface area (Å²) in [5.41, 5.74) is 3.00. The van der Waals surface area contributed by atoms with Gasteiger partial charge >= 0.3 is 0 Å². The van der Waals surface area contributed by atoms with Crippen molar-refractivity contribution >= 4 is 16.7 Å². The van der Waals surface area contributed by atoms with E-state index in [-0.39, 0.29) is 22.9 Å². The average molecular weight is 476 g/mol. The zero-order valence-electron chi connectivity index (χ0n) is 20.6. The van der Waals surface area contributed by atoms with E-state index in [2.05, 4.69) is 28.2 Å². The number of benzene rings is 2. The molecule has 0 radical (unpaired) electrons. The van der Waals surface area contributed by atoms with E-state index in [1.807, 2.05) is 24.3 Å². The number of aromatic nitrogens is 1. The quantitative estimate of drug-likeness (QED) is 0.543. The maximum Gasteiger partial charge on any atom is 0.161 e. The molecule has 1 atom stereocenters. The number of halogens is 1. The second-order valence-electron chi connectivity index (χ2n) is 10.8. The zero-order chi connectivity index (χ0) is 24.2. The van der Waals surface area contributed by atoms with Crippen LogP contribution in [0, 0.1) is 11.7 Å². The number of piperidine rings is 1. The number of Topliss-reactive ketones (excluding diaryl/α,β-unsaturated/α-hetero) is 1. The van der Waals surface area contributed by atoms with Crippen LogP contribution in [-0.2, 0) is 22.3 Å². The van der Waals surface area contributed by atoms with Crippen molar-refractivity contribution in [2.45, 2.75) is 56.5 Å². The van der Waals surface area contributed by atoms with Crippen molar-refractivity contribution in [1.29, 1.82) is 0 Å². The summed E-state index contributed by atoms with van der Waals surface area (Å²) in [6.45, 7) is 5.10. The second kappa shape index (κ2) is 8.45. The van der Waals surface area contributed by atoms with Crippen LogP contribution >= 0.6 is 0 Å². The minimum absolute atomic E-state index is 0.0685. The number of ether oxygens (including phenoxy) is 1. The van der Waals surface area contributed by atoms with Gasteiger partial charge in [-0.3, -0.25) is 9.69 Å². The van der Waals surface area contributed by atoms with E-state index in [9.17, 15) is 9.18 Å². The highest BCUT2D eigenvalue weighted by Crippen LogP contribution is 2.52. The number of methoxy groups -OCH3 is 1. The fourth-order valence-electron chi connectivity index (χ4n) is 6.69. The minimum atomic E-state index is -0.842. The molecule has 2 fully saturated rings. The first-order valence-corrected chi connectivity index (χ1v) is 12.9. The van der Waals surface area contributed by atoms with Crippen molar-refractivity contribution in [1.82, 2.24) is 15.2 Å². The number of nitrogens with zero attached hydrogens (tertiary/aromatic N) is 1. The molecule has 6 rings (SSSR count). The van der Waals surface area contributed by atoms with Crippen LogP contribution in [0.15, 0.2) is 42.5 Å². The molecular weight excluding hydrogens is 441 g/mol. The van der Waals surface area contributed by atoms with Crippen molar-refractivity contribution < 1.29 is 13.9 Å². The van der Waals surface area contributed by atoms with Crippen molar-refractivity contribution in [3.05, 3.63) is 65.1 Å². The highest BCUT2D eigenvalue weighted by atomic mass is 19.1. The lowest BCUT2D eigenvalue weighted by Crippen LogP contribution is -2.62. The number of H-pyrrole nitrogens is 1. The fraction of sp³-hybridized carbons (Fsp3) is 0.483. The molecule has 1 spiro atoms. The minimum Gasteiger partial charge on any atom is -0.497 e. The van der Waals surface area contributed by atoms with Gasteiger partial charge in [0.2, 0.25) is 0 Å². The number of carbonyl (C=O) groups excluding carboxylic acids is 1. The molecule has 3 aliphatic rings. The molecule has 2 aromatic carbocycles. The molecule has 2 N–H and O–H groups in total. The Balaban J connectivity index is 1.58. The van der Waals surface area contributed by atoms with Gasteiger partial charge in [-0.05, 0) is 69.5 Å². The molecule has 6 heteroatoms. The van der Waals surface area contributed by atoms with Gasteiger partial charge in [-0.25, -0.2) is 4.39 Å². The number of rotatable bonds is 5. The summed E-state index contributed by atoms with van der Waals surface area (Å²) >= 11 is 0. The summed E-state index contributed by atoms with van der Waals surface area (Å²) < 4.78 is 20.4. The Bertz CT molecular complexity index is 1270. The van der Waals surface area contributed by atoms with E-state index in [1.54, 1.807) is 13.2 Å². The molecular formula is C29H34FN3O2. The maximum atomic E-state index is 14.9. The largest absolute Gasteiger partial charge is 0.497 e. The normalized spacial score (nSPS) is 24.3. The number of hydrogen-bond donors (Lipinski definition) is 2. The van der Waals surface area contributed by atoms with Crippen molar-refractivity contribution in [2.75, 3.05) is 26.7 Å². The Morgan fingerprint density at radius 1 is 1.17 bits per heavy atom.